The second kappa shape index (κ2) is 11.0. The van der Waals surface area contributed by atoms with Crippen molar-refractivity contribution < 1.29 is 17.0 Å². The zero-order chi connectivity index (χ0) is 23.3. The molecule has 2 rings (SSSR count). The van der Waals surface area contributed by atoms with Crippen molar-refractivity contribution in [3.05, 3.63) is 58.7 Å². The molecule has 0 nitrogen and oxygen atoms in total. The molecule has 2 aromatic carbocycles. The van der Waals surface area contributed by atoms with E-state index in [2.05, 4.69) is 119 Å². The zero-order valence-electron chi connectivity index (χ0n) is 20.7. The summed E-state index contributed by atoms with van der Waals surface area (Å²) >= 11 is -0.556. The van der Waals surface area contributed by atoms with E-state index in [-0.39, 0.29) is 21.7 Å². The van der Waals surface area contributed by atoms with Crippen LogP contribution in [0.25, 0.3) is 0 Å². The van der Waals surface area contributed by atoms with Gasteiger partial charge in [-0.1, -0.05) is 105 Å². The summed E-state index contributed by atoms with van der Waals surface area (Å²) in [5, 5.41) is 0. The van der Waals surface area contributed by atoms with E-state index >= 15 is 0 Å². The molecule has 0 N–H and O–H groups in total. The van der Waals surface area contributed by atoms with Crippen LogP contribution in [0.15, 0.2) is 36.4 Å². The van der Waals surface area contributed by atoms with E-state index in [9.17, 15) is 0 Å². The Kier molecular flexibility index (Phi) is 11.0. The molecule has 0 fully saturated rings. The predicted molar refractivity (Wildman–Crippen MR) is 131 cm³/mol. The average Bonchev–Trinajstić information content (AvgIpc) is 3.16. The van der Waals surface area contributed by atoms with E-state index < -0.39 is 17.0 Å². The Morgan fingerprint density at radius 2 is 0.828 bits per heavy atom. The van der Waals surface area contributed by atoms with Crippen LogP contribution in [0.1, 0.15) is 105 Å². The molecule has 166 valence electrons. The molecule has 0 heterocycles. The molecule has 0 bridgehead atoms. The van der Waals surface area contributed by atoms with Gasteiger partial charge in [-0.25, -0.2) is 12.1 Å². The second-order valence-corrected chi connectivity index (χ2v) is 14.4. The molecule has 0 aromatic heterocycles. The van der Waals surface area contributed by atoms with Gasteiger partial charge in [0.1, 0.15) is 0 Å². The van der Waals surface area contributed by atoms with Gasteiger partial charge in [-0.15, -0.1) is 0 Å². The molecule has 0 aliphatic rings. The van der Waals surface area contributed by atoms with Crippen molar-refractivity contribution >= 4 is 18.6 Å². The van der Waals surface area contributed by atoms with E-state index in [4.69, 9.17) is 18.6 Å². The molecule has 29 heavy (non-hydrogen) atoms. The summed E-state index contributed by atoms with van der Waals surface area (Å²) < 4.78 is 0. The average molecular weight is 473 g/mol. The first-order valence-corrected chi connectivity index (χ1v) is 14.7. The normalized spacial score (nSPS) is 12.5. The Morgan fingerprint density at radius 1 is 0.586 bits per heavy atom. The molecule has 3 heteroatoms. The minimum atomic E-state index is -0.556. The topological polar surface area (TPSA) is 0 Å². The van der Waals surface area contributed by atoms with Crippen LogP contribution < -0.4 is 0 Å². The summed E-state index contributed by atoms with van der Waals surface area (Å²) in [4.78, 5) is 0. The van der Waals surface area contributed by atoms with Gasteiger partial charge in [0.25, 0.3) is 0 Å². The van der Waals surface area contributed by atoms with Crippen molar-refractivity contribution in [2.24, 2.45) is 0 Å². The summed E-state index contributed by atoms with van der Waals surface area (Å²) in [6.45, 7) is 27.1. The number of rotatable bonds is 0. The van der Waals surface area contributed by atoms with Crippen LogP contribution in [-0.2, 0) is 38.7 Å². The van der Waals surface area contributed by atoms with Crippen LogP contribution in [0.2, 0.25) is 0 Å². The zero-order valence-corrected chi connectivity index (χ0v) is 23.8. The Bertz CT molecular complexity index is 588. The molecule has 0 amide bonds. The summed E-state index contributed by atoms with van der Waals surface area (Å²) in [5.74, 6) is 0. The predicted octanol–water partition coefficient (Wildman–Crippen LogP) is 9.38. The molecule has 2 aromatic rings. The second-order valence-electron chi connectivity index (χ2n) is 11.8. The fourth-order valence-corrected chi connectivity index (χ4v) is 2.75. The number of hydrogen-bond acceptors (Lipinski definition) is 0. The number of hydrogen-bond donors (Lipinski definition) is 0. The summed E-state index contributed by atoms with van der Waals surface area (Å²) in [6.07, 6.45) is 0. The third-order valence-corrected chi connectivity index (χ3v) is 4.97. The summed E-state index contributed by atoms with van der Waals surface area (Å²) in [7, 11) is 9.78. The van der Waals surface area contributed by atoms with E-state index in [1.165, 1.54) is 22.3 Å². The van der Waals surface area contributed by atoms with Gasteiger partial charge in [0.2, 0.25) is 0 Å². The quantitative estimate of drug-likeness (QED) is 0.264. The number of halogens is 2. The molecule has 0 unspecified atom stereocenters. The molecule has 0 saturated heterocycles. The van der Waals surface area contributed by atoms with E-state index in [0.29, 0.717) is 0 Å². The maximum absolute atomic E-state index is 4.89. The van der Waals surface area contributed by atoms with Crippen molar-refractivity contribution in [1.82, 2.24) is 0 Å². The van der Waals surface area contributed by atoms with Crippen molar-refractivity contribution in [3.63, 3.8) is 0 Å². The van der Waals surface area contributed by atoms with Crippen molar-refractivity contribution in [2.75, 3.05) is 0 Å². The van der Waals surface area contributed by atoms with Gasteiger partial charge in [-0.2, -0.15) is 46.5 Å². The first-order valence-electron chi connectivity index (χ1n) is 10.4. The molecule has 0 radical (unpaired) electrons. The van der Waals surface area contributed by atoms with Crippen LogP contribution in [0.5, 0.6) is 0 Å². The van der Waals surface area contributed by atoms with Crippen LogP contribution >= 0.6 is 18.6 Å². The van der Waals surface area contributed by atoms with E-state index in [1.54, 1.807) is 0 Å². The van der Waals surface area contributed by atoms with Gasteiger partial charge in [-0.3, -0.25) is 0 Å². The first-order chi connectivity index (χ1) is 12.8. The van der Waals surface area contributed by atoms with E-state index in [0.717, 1.165) is 0 Å². The van der Waals surface area contributed by atoms with Crippen LogP contribution in [0, 0.1) is 0 Å². The van der Waals surface area contributed by atoms with Crippen LogP contribution in [0.3, 0.4) is 0 Å². The standard InChI is InChI=1S/2C13H21.2ClH.Ti/c2*1-12(2,3)10-7-8-11(9-10)13(4,5)6;;;/h2*7-9H,1-6H3;2*1H;/q2*-1;;;+2/p-2. The third-order valence-electron chi connectivity index (χ3n) is 4.97. The Morgan fingerprint density at radius 3 is 0.931 bits per heavy atom. The van der Waals surface area contributed by atoms with Gasteiger partial charge >= 0.3 is 35.6 Å². The van der Waals surface area contributed by atoms with Gasteiger partial charge in [-0.05, 0) is 0 Å². The SMILES string of the molecule is CC(C)(C)c1cc[c-](C(C)(C)C)c1.CC(C)(C)c1cc[c-](C(C)(C)C)c1.[Cl][Ti][Cl]. The molecule has 0 aliphatic carbocycles. The first kappa shape index (κ1) is 29.0. The van der Waals surface area contributed by atoms with Gasteiger partial charge in [0.05, 0.1) is 0 Å². The van der Waals surface area contributed by atoms with Gasteiger partial charge < -0.3 is 0 Å². The molecule has 0 aliphatic heterocycles. The van der Waals surface area contributed by atoms with Gasteiger partial charge in [0.15, 0.2) is 0 Å². The Labute approximate surface area is 198 Å². The molecule has 0 saturated carbocycles. The fraction of sp³-hybridized carbons (Fsp3) is 0.615. The molecule has 0 spiro atoms. The maximum atomic E-state index is 4.89. The molecular formula is C26H42Cl2Ti-2. The Hall–Kier alpha value is -0.00571. The monoisotopic (exact) mass is 472 g/mol. The van der Waals surface area contributed by atoms with Crippen LogP contribution in [0.4, 0.5) is 0 Å². The third kappa shape index (κ3) is 10.7. The van der Waals surface area contributed by atoms with Gasteiger partial charge in [0, 0.05) is 0 Å². The minimum absolute atomic E-state index is 0.281. The van der Waals surface area contributed by atoms with Crippen molar-refractivity contribution in [2.45, 2.75) is 105 Å². The van der Waals surface area contributed by atoms with Crippen molar-refractivity contribution in [3.8, 4) is 0 Å². The Balaban J connectivity index is 0.000000477. The van der Waals surface area contributed by atoms with Crippen molar-refractivity contribution in [1.29, 1.82) is 0 Å². The summed E-state index contributed by atoms with van der Waals surface area (Å²) in [6, 6.07) is 13.7. The fourth-order valence-electron chi connectivity index (χ4n) is 2.75. The van der Waals surface area contributed by atoms with E-state index in [1.807, 2.05) is 0 Å². The summed E-state index contributed by atoms with van der Waals surface area (Å²) in [5.41, 5.74) is 6.89. The molecule has 0 atom stereocenters. The van der Waals surface area contributed by atoms with Crippen LogP contribution in [-0.4, -0.2) is 0 Å². The molecular weight excluding hydrogens is 431 g/mol.